The first-order valence-electron chi connectivity index (χ1n) is 21.1. The largest absolute Gasteiger partial charge is 0.456 e. The number of para-hydroxylation sites is 2. The van der Waals surface area contributed by atoms with E-state index in [9.17, 15) is 0 Å². The molecule has 3 aliphatic rings. The Kier molecular flexibility index (Phi) is 7.26. The van der Waals surface area contributed by atoms with Crippen LogP contribution in [-0.4, -0.2) is 0 Å². The van der Waals surface area contributed by atoms with Gasteiger partial charge in [-0.2, -0.15) is 0 Å². The van der Waals surface area contributed by atoms with Gasteiger partial charge >= 0.3 is 0 Å². The molecule has 1 aliphatic heterocycles. The summed E-state index contributed by atoms with van der Waals surface area (Å²) in [4.78, 5) is 2.40. The van der Waals surface area contributed by atoms with Gasteiger partial charge in [-0.15, -0.1) is 0 Å². The molecule has 2 aliphatic carbocycles. The van der Waals surface area contributed by atoms with E-state index in [2.05, 4.69) is 223 Å². The van der Waals surface area contributed by atoms with Crippen molar-refractivity contribution in [2.75, 3.05) is 4.90 Å². The predicted octanol–water partition coefficient (Wildman–Crippen LogP) is 15.8. The third kappa shape index (κ3) is 4.79. The van der Waals surface area contributed by atoms with E-state index < -0.39 is 5.41 Å². The summed E-state index contributed by atoms with van der Waals surface area (Å²) in [6, 6.07) is 82.5. The molecule has 10 aromatic carbocycles. The van der Waals surface area contributed by atoms with Gasteiger partial charge in [0.15, 0.2) is 0 Å². The average Bonchev–Trinajstić information content (AvgIpc) is 3.48. The van der Waals surface area contributed by atoms with Crippen molar-refractivity contribution in [3.63, 3.8) is 0 Å². The predicted molar refractivity (Wildman–Crippen MR) is 251 cm³/mol. The van der Waals surface area contributed by atoms with E-state index in [-0.39, 0.29) is 0 Å². The highest BCUT2D eigenvalue weighted by Gasteiger charge is 2.50. The minimum Gasteiger partial charge on any atom is -0.456 e. The standard InChI is InChI=1S/C59H37NO/c1-2-17-39(18-3-1)60(41-32-35-57-51(37-41)46-23-9-7-21-44(46)48-25-12-15-29-56(48)61-57)40-31-34-54-50(36-40)45-22-8-6-20-43(45)47-24-10-13-27-52(47)59(54)53-28-14-11-26-49(53)58-42-19-5-4-16-38(42)30-33-55(58)59/h1-37H. The summed E-state index contributed by atoms with van der Waals surface area (Å²) in [5.74, 6) is 1.71. The molecule has 2 nitrogen and oxygen atoms in total. The minimum absolute atomic E-state index is 0.572. The monoisotopic (exact) mass is 775 g/mol. The van der Waals surface area contributed by atoms with Crippen molar-refractivity contribution in [3.8, 4) is 67.1 Å². The van der Waals surface area contributed by atoms with Crippen LogP contribution in [0.5, 0.6) is 11.5 Å². The smallest absolute Gasteiger partial charge is 0.135 e. The van der Waals surface area contributed by atoms with Gasteiger partial charge in [0.1, 0.15) is 11.5 Å². The van der Waals surface area contributed by atoms with Crippen LogP contribution in [0.25, 0.3) is 66.4 Å². The van der Waals surface area contributed by atoms with Crippen LogP contribution >= 0.6 is 0 Å². The number of anilines is 3. The fourth-order valence-electron chi connectivity index (χ4n) is 10.8. The molecule has 0 bridgehead atoms. The third-order valence-corrected chi connectivity index (χ3v) is 13.3. The molecule has 13 rings (SSSR count). The lowest BCUT2D eigenvalue weighted by Crippen LogP contribution is -2.29. The van der Waals surface area contributed by atoms with E-state index in [1.165, 1.54) is 66.4 Å². The molecule has 284 valence electrons. The second-order valence-corrected chi connectivity index (χ2v) is 16.3. The minimum atomic E-state index is -0.572. The van der Waals surface area contributed by atoms with Crippen molar-refractivity contribution in [1.82, 2.24) is 0 Å². The number of ether oxygens (including phenoxy) is 1. The second-order valence-electron chi connectivity index (χ2n) is 16.3. The van der Waals surface area contributed by atoms with Crippen LogP contribution in [-0.2, 0) is 5.41 Å². The van der Waals surface area contributed by atoms with Gasteiger partial charge in [0.25, 0.3) is 0 Å². The first kappa shape index (κ1) is 34.0. The topological polar surface area (TPSA) is 12.5 Å². The second kappa shape index (κ2) is 13.0. The number of fused-ring (bicyclic) bond motifs is 19. The fourth-order valence-corrected chi connectivity index (χ4v) is 10.8. The SMILES string of the molecule is c1ccc(N(c2ccc3c(c2)-c2ccccc2-c2ccccc2O3)c2ccc3c(c2)-c2ccccc2-c2ccccc2C32c3ccccc3-c3c2ccc2ccccc32)cc1. The lowest BCUT2D eigenvalue weighted by molar-refractivity contribution is 0.488. The first-order chi connectivity index (χ1) is 30.3. The van der Waals surface area contributed by atoms with E-state index in [0.717, 1.165) is 50.8 Å². The van der Waals surface area contributed by atoms with Gasteiger partial charge in [-0.1, -0.05) is 176 Å². The summed E-state index contributed by atoms with van der Waals surface area (Å²) in [6.45, 7) is 0. The fraction of sp³-hybridized carbons (Fsp3) is 0.0169. The van der Waals surface area contributed by atoms with Gasteiger partial charge in [-0.25, -0.2) is 0 Å². The molecule has 1 spiro atoms. The molecular formula is C59H37NO. The number of benzene rings is 10. The summed E-state index contributed by atoms with van der Waals surface area (Å²) >= 11 is 0. The molecule has 10 aromatic rings. The van der Waals surface area contributed by atoms with Crippen molar-refractivity contribution in [2.45, 2.75) is 5.41 Å². The van der Waals surface area contributed by atoms with Crippen LogP contribution in [0.1, 0.15) is 22.3 Å². The Labute approximate surface area is 355 Å². The highest BCUT2D eigenvalue weighted by Crippen LogP contribution is 2.63. The maximum atomic E-state index is 6.71. The Bertz CT molecular complexity index is 3420. The zero-order chi connectivity index (χ0) is 40.1. The molecule has 0 fully saturated rings. The van der Waals surface area contributed by atoms with E-state index in [0.29, 0.717) is 0 Å². The number of hydrogen-bond acceptors (Lipinski definition) is 2. The Morgan fingerprint density at radius 3 is 1.56 bits per heavy atom. The molecule has 0 aromatic heterocycles. The molecule has 0 saturated carbocycles. The third-order valence-electron chi connectivity index (χ3n) is 13.3. The summed E-state index contributed by atoms with van der Waals surface area (Å²) < 4.78 is 6.71. The number of nitrogens with zero attached hydrogens (tertiary/aromatic N) is 1. The lowest BCUT2D eigenvalue weighted by atomic mass is 9.65. The van der Waals surface area contributed by atoms with Crippen molar-refractivity contribution in [2.24, 2.45) is 0 Å². The summed E-state index contributed by atoms with van der Waals surface area (Å²) in [5.41, 5.74) is 19.9. The van der Waals surface area contributed by atoms with Crippen molar-refractivity contribution >= 4 is 27.8 Å². The van der Waals surface area contributed by atoms with Gasteiger partial charge in [0, 0.05) is 28.2 Å². The molecule has 0 N–H and O–H groups in total. The first-order valence-corrected chi connectivity index (χ1v) is 21.1. The Morgan fingerprint density at radius 1 is 0.295 bits per heavy atom. The molecular weight excluding hydrogens is 739 g/mol. The maximum absolute atomic E-state index is 6.71. The normalized spacial score (nSPS) is 14.8. The zero-order valence-corrected chi connectivity index (χ0v) is 33.2. The molecule has 1 heterocycles. The highest BCUT2D eigenvalue weighted by atomic mass is 16.5. The van der Waals surface area contributed by atoms with Crippen LogP contribution in [0.2, 0.25) is 0 Å². The lowest BCUT2D eigenvalue weighted by Gasteiger charge is -2.36. The summed E-state index contributed by atoms with van der Waals surface area (Å²) in [7, 11) is 0. The quantitative estimate of drug-likeness (QED) is 0.177. The van der Waals surface area contributed by atoms with E-state index in [1.54, 1.807) is 0 Å². The molecule has 0 radical (unpaired) electrons. The molecule has 0 amide bonds. The van der Waals surface area contributed by atoms with E-state index >= 15 is 0 Å². The Morgan fingerprint density at radius 2 is 0.787 bits per heavy atom. The van der Waals surface area contributed by atoms with Gasteiger partial charge in [0.2, 0.25) is 0 Å². The van der Waals surface area contributed by atoms with E-state index in [4.69, 9.17) is 4.74 Å². The molecule has 0 saturated heterocycles. The zero-order valence-electron chi connectivity index (χ0n) is 33.2. The highest BCUT2D eigenvalue weighted by molar-refractivity contribution is 6.06. The van der Waals surface area contributed by atoms with Crippen LogP contribution < -0.4 is 9.64 Å². The number of hydrogen-bond donors (Lipinski definition) is 0. The molecule has 61 heavy (non-hydrogen) atoms. The van der Waals surface area contributed by atoms with Gasteiger partial charge < -0.3 is 9.64 Å². The average molecular weight is 776 g/mol. The van der Waals surface area contributed by atoms with Gasteiger partial charge in [-0.05, 0) is 126 Å². The molecule has 1 atom stereocenters. The molecule has 1 unspecified atom stereocenters. The van der Waals surface area contributed by atoms with E-state index in [1.807, 2.05) is 6.07 Å². The van der Waals surface area contributed by atoms with Crippen molar-refractivity contribution < 1.29 is 4.74 Å². The van der Waals surface area contributed by atoms with Crippen LogP contribution in [0.15, 0.2) is 224 Å². The van der Waals surface area contributed by atoms with Crippen LogP contribution in [0, 0.1) is 0 Å². The number of rotatable bonds is 3. The van der Waals surface area contributed by atoms with Gasteiger partial charge in [0.05, 0.1) is 5.41 Å². The van der Waals surface area contributed by atoms with Crippen LogP contribution in [0.4, 0.5) is 17.1 Å². The van der Waals surface area contributed by atoms with Gasteiger partial charge in [-0.3, -0.25) is 0 Å². The van der Waals surface area contributed by atoms with Crippen molar-refractivity contribution in [3.05, 3.63) is 247 Å². The Hall–Kier alpha value is -7.94. The summed E-state index contributed by atoms with van der Waals surface area (Å²) in [5, 5.41) is 2.54. The van der Waals surface area contributed by atoms with Crippen molar-refractivity contribution in [1.29, 1.82) is 0 Å². The van der Waals surface area contributed by atoms with Crippen LogP contribution in [0.3, 0.4) is 0 Å². The molecule has 2 heteroatoms. The summed E-state index contributed by atoms with van der Waals surface area (Å²) in [6.07, 6.45) is 0. The maximum Gasteiger partial charge on any atom is 0.135 e. The Balaban J connectivity index is 1.09.